The maximum absolute atomic E-state index is 11.8. The highest BCUT2D eigenvalue weighted by Gasteiger charge is 2.10. The van der Waals surface area contributed by atoms with Crippen LogP contribution in [0.4, 0.5) is 10.8 Å². The van der Waals surface area contributed by atoms with Crippen molar-refractivity contribution in [3.05, 3.63) is 29.8 Å². The van der Waals surface area contributed by atoms with E-state index in [0.717, 1.165) is 23.8 Å². The van der Waals surface area contributed by atoms with Crippen LogP contribution in [-0.4, -0.2) is 26.8 Å². The van der Waals surface area contributed by atoms with Gasteiger partial charge in [0.1, 0.15) is 11.5 Å². The predicted molar refractivity (Wildman–Crippen MR) is 71.0 cm³/mol. The SMILES string of the molecule is CCNc1ccc(C(=O)Nc2nc(C)ns2)nc1. The van der Waals surface area contributed by atoms with Crippen molar-refractivity contribution >= 4 is 28.3 Å². The molecule has 2 aromatic rings. The van der Waals surface area contributed by atoms with Crippen molar-refractivity contribution in [2.75, 3.05) is 17.2 Å². The number of aryl methyl sites for hydroxylation is 1. The van der Waals surface area contributed by atoms with Gasteiger partial charge in [0.15, 0.2) is 0 Å². The number of rotatable bonds is 4. The Morgan fingerprint density at radius 1 is 1.44 bits per heavy atom. The fourth-order valence-corrected chi connectivity index (χ4v) is 1.92. The molecule has 0 unspecified atom stereocenters. The Kier molecular flexibility index (Phi) is 3.83. The molecule has 18 heavy (non-hydrogen) atoms. The Hall–Kier alpha value is -2.02. The van der Waals surface area contributed by atoms with Crippen LogP contribution >= 0.6 is 11.5 Å². The van der Waals surface area contributed by atoms with Gasteiger partial charge in [0, 0.05) is 18.1 Å². The summed E-state index contributed by atoms with van der Waals surface area (Å²) in [5.74, 6) is 0.361. The molecule has 7 heteroatoms. The summed E-state index contributed by atoms with van der Waals surface area (Å²) >= 11 is 1.15. The number of hydrogen-bond donors (Lipinski definition) is 2. The molecule has 2 N–H and O–H groups in total. The lowest BCUT2D eigenvalue weighted by Gasteiger charge is -2.03. The fraction of sp³-hybridized carbons (Fsp3) is 0.273. The second-order valence-corrected chi connectivity index (χ2v) is 4.32. The summed E-state index contributed by atoms with van der Waals surface area (Å²) in [7, 11) is 0. The molecular formula is C11H13N5OS. The summed E-state index contributed by atoms with van der Waals surface area (Å²) in [6.45, 7) is 4.59. The van der Waals surface area contributed by atoms with Gasteiger partial charge in [0.05, 0.1) is 11.9 Å². The average molecular weight is 263 g/mol. The summed E-state index contributed by atoms with van der Waals surface area (Å²) in [5, 5.41) is 6.25. The Morgan fingerprint density at radius 2 is 2.28 bits per heavy atom. The maximum Gasteiger partial charge on any atom is 0.276 e. The highest BCUT2D eigenvalue weighted by Crippen LogP contribution is 2.12. The summed E-state index contributed by atoms with van der Waals surface area (Å²) in [5.41, 5.74) is 1.24. The van der Waals surface area contributed by atoms with E-state index in [0.29, 0.717) is 16.6 Å². The zero-order valence-electron chi connectivity index (χ0n) is 10.1. The van der Waals surface area contributed by atoms with E-state index in [2.05, 4.69) is 25.0 Å². The molecule has 2 aromatic heterocycles. The van der Waals surface area contributed by atoms with Crippen LogP contribution in [0.3, 0.4) is 0 Å². The largest absolute Gasteiger partial charge is 0.384 e. The summed E-state index contributed by atoms with van der Waals surface area (Å²) < 4.78 is 3.99. The lowest BCUT2D eigenvalue weighted by Crippen LogP contribution is -2.13. The van der Waals surface area contributed by atoms with Gasteiger partial charge in [-0.15, -0.1) is 0 Å². The van der Waals surface area contributed by atoms with Crippen molar-refractivity contribution in [1.82, 2.24) is 14.3 Å². The van der Waals surface area contributed by atoms with Gasteiger partial charge in [0.25, 0.3) is 5.91 Å². The van der Waals surface area contributed by atoms with Crippen molar-refractivity contribution in [1.29, 1.82) is 0 Å². The quantitative estimate of drug-likeness (QED) is 0.881. The smallest absolute Gasteiger partial charge is 0.276 e. The van der Waals surface area contributed by atoms with Gasteiger partial charge < -0.3 is 5.32 Å². The molecule has 0 aliphatic heterocycles. The summed E-state index contributed by atoms with van der Waals surface area (Å²) in [6, 6.07) is 3.48. The van der Waals surface area contributed by atoms with Crippen LogP contribution < -0.4 is 10.6 Å². The third kappa shape index (κ3) is 3.01. The topological polar surface area (TPSA) is 79.8 Å². The standard InChI is InChI=1S/C11H13N5OS/c1-3-12-8-4-5-9(13-6-8)10(17)15-11-14-7(2)16-18-11/h4-6,12H,3H2,1-2H3,(H,14,15,16,17). The molecule has 0 fully saturated rings. The monoisotopic (exact) mass is 263 g/mol. The van der Waals surface area contributed by atoms with E-state index in [-0.39, 0.29) is 5.91 Å². The first kappa shape index (κ1) is 12.4. The first-order valence-electron chi connectivity index (χ1n) is 5.50. The number of amides is 1. The van der Waals surface area contributed by atoms with Gasteiger partial charge in [-0.05, 0) is 26.0 Å². The van der Waals surface area contributed by atoms with E-state index in [9.17, 15) is 4.79 Å². The molecule has 1 amide bonds. The van der Waals surface area contributed by atoms with Crippen LogP contribution in [0.5, 0.6) is 0 Å². The van der Waals surface area contributed by atoms with Crippen molar-refractivity contribution in [3.8, 4) is 0 Å². The van der Waals surface area contributed by atoms with Crippen LogP contribution in [0.1, 0.15) is 23.2 Å². The molecule has 0 aliphatic rings. The van der Waals surface area contributed by atoms with Crippen LogP contribution in [0.2, 0.25) is 0 Å². The third-order valence-electron chi connectivity index (χ3n) is 2.13. The number of carbonyl (C=O) groups excluding carboxylic acids is 1. The fourth-order valence-electron chi connectivity index (χ4n) is 1.35. The van der Waals surface area contributed by atoms with Gasteiger partial charge in [-0.25, -0.2) is 9.97 Å². The van der Waals surface area contributed by atoms with Crippen molar-refractivity contribution in [2.24, 2.45) is 0 Å². The van der Waals surface area contributed by atoms with E-state index >= 15 is 0 Å². The van der Waals surface area contributed by atoms with E-state index in [4.69, 9.17) is 0 Å². The van der Waals surface area contributed by atoms with Crippen LogP contribution in [0.25, 0.3) is 0 Å². The Balaban J connectivity index is 2.04. The van der Waals surface area contributed by atoms with Gasteiger partial charge in [0.2, 0.25) is 5.13 Å². The second-order valence-electron chi connectivity index (χ2n) is 3.56. The zero-order chi connectivity index (χ0) is 13.0. The Labute approximate surface area is 109 Å². The molecule has 0 spiro atoms. The first-order chi connectivity index (χ1) is 8.69. The molecule has 0 saturated heterocycles. The zero-order valence-corrected chi connectivity index (χ0v) is 10.9. The van der Waals surface area contributed by atoms with E-state index < -0.39 is 0 Å². The van der Waals surface area contributed by atoms with Gasteiger partial charge in [-0.3, -0.25) is 10.1 Å². The van der Waals surface area contributed by atoms with E-state index in [1.165, 1.54) is 0 Å². The number of hydrogen-bond acceptors (Lipinski definition) is 6. The van der Waals surface area contributed by atoms with E-state index in [1.54, 1.807) is 19.2 Å². The molecule has 0 bridgehead atoms. The van der Waals surface area contributed by atoms with Crippen LogP contribution in [0, 0.1) is 6.92 Å². The number of anilines is 2. The van der Waals surface area contributed by atoms with E-state index in [1.807, 2.05) is 13.0 Å². The number of nitrogens with zero attached hydrogens (tertiary/aromatic N) is 3. The molecule has 0 saturated carbocycles. The Bertz CT molecular complexity index is 537. The maximum atomic E-state index is 11.8. The molecular weight excluding hydrogens is 250 g/mol. The highest BCUT2D eigenvalue weighted by molar-refractivity contribution is 7.09. The minimum absolute atomic E-state index is 0.283. The minimum Gasteiger partial charge on any atom is -0.384 e. The lowest BCUT2D eigenvalue weighted by molar-refractivity contribution is 0.102. The van der Waals surface area contributed by atoms with Crippen LogP contribution in [-0.2, 0) is 0 Å². The number of aromatic nitrogens is 3. The van der Waals surface area contributed by atoms with Gasteiger partial charge in [-0.2, -0.15) is 4.37 Å². The molecule has 0 atom stereocenters. The summed E-state index contributed by atoms with van der Waals surface area (Å²) in [4.78, 5) is 20.0. The number of pyridine rings is 1. The molecule has 2 rings (SSSR count). The molecule has 0 aromatic carbocycles. The minimum atomic E-state index is -0.283. The highest BCUT2D eigenvalue weighted by atomic mass is 32.1. The van der Waals surface area contributed by atoms with Gasteiger partial charge >= 0.3 is 0 Å². The Morgan fingerprint density at radius 3 is 2.83 bits per heavy atom. The normalized spacial score (nSPS) is 10.1. The first-order valence-corrected chi connectivity index (χ1v) is 6.28. The summed E-state index contributed by atoms with van der Waals surface area (Å²) in [6.07, 6.45) is 1.63. The number of carbonyl (C=O) groups is 1. The van der Waals surface area contributed by atoms with Crippen molar-refractivity contribution in [3.63, 3.8) is 0 Å². The molecule has 2 heterocycles. The van der Waals surface area contributed by atoms with Crippen molar-refractivity contribution < 1.29 is 4.79 Å². The van der Waals surface area contributed by atoms with Gasteiger partial charge in [-0.1, -0.05) is 0 Å². The predicted octanol–water partition coefficient (Wildman–Crippen LogP) is 1.93. The van der Waals surface area contributed by atoms with Crippen LogP contribution in [0.15, 0.2) is 18.3 Å². The molecule has 94 valence electrons. The van der Waals surface area contributed by atoms with Crippen molar-refractivity contribution in [2.45, 2.75) is 13.8 Å². The molecule has 6 nitrogen and oxygen atoms in total. The lowest BCUT2D eigenvalue weighted by atomic mass is 10.3. The molecule has 0 aliphatic carbocycles. The third-order valence-corrected chi connectivity index (χ3v) is 2.85. The average Bonchev–Trinajstić information content (AvgIpc) is 2.76. The number of nitrogens with one attached hydrogen (secondary N) is 2. The second kappa shape index (κ2) is 5.54. The molecule has 0 radical (unpaired) electrons.